The van der Waals surface area contributed by atoms with Crippen molar-refractivity contribution in [3.63, 3.8) is 0 Å². The summed E-state index contributed by atoms with van der Waals surface area (Å²) in [4.78, 5) is 11.6. The molecule has 0 aromatic carbocycles. The molecule has 0 aliphatic heterocycles. The Morgan fingerprint density at radius 2 is 2.13 bits per heavy atom. The van der Waals surface area contributed by atoms with E-state index in [-0.39, 0.29) is 23.7 Å². The summed E-state index contributed by atoms with van der Waals surface area (Å²) in [5.74, 6) is -0.0353. The maximum absolute atomic E-state index is 11.6. The number of hydrogen-bond donors (Lipinski definition) is 3. The van der Waals surface area contributed by atoms with E-state index < -0.39 is 0 Å². The molecule has 0 radical (unpaired) electrons. The molecule has 4 N–H and O–H groups in total. The van der Waals surface area contributed by atoms with Crippen LogP contribution < -0.4 is 11.1 Å². The molecule has 0 heterocycles. The maximum atomic E-state index is 11.6. The van der Waals surface area contributed by atoms with Gasteiger partial charge in [0, 0.05) is 5.92 Å². The number of nitrogens with zero attached hydrogens (tertiary/aromatic N) is 1. The van der Waals surface area contributed by atoms with Crippen LogP contribution in [0.15, 0.2) is 5.16 Å². The van der Waals surface area contributed by atoms with Crippen molar-refractivity contribution < 1.29 is 10.0 Å². The summed E-state index contributed by atoms with van der Waals surface area (Å²) >= 11 is 0. The molecule has 0 aliphatic carbocycles. The van der Waals surface area contributed by atoms with Gasteiger partial charge in [0.1, 0.15) is 0 Å². The molecule has 0 aromatic rings. The Bertz CT molecular complexity index is 229. The second-order valence-corrected chi connectivity index (χ2v) is 3.68. The van der Waals surface area contributed by atoms with Gasteiger partial charge in [-0.05, 0) is 12.8 Å². The normalized spacial score (nSPS) is 15.8. The molecule has 0 spiro atoms. The first-order valence-electron chi connectivity index (χ1n) is 5.34. The fourth-order valence-electron chi connectivity index (χ4n) is 1.15. The Morgan fingerprint density at radius 1 is 1.53 bits per heavy atom. The Hall–Kier alpha value is -1.26. The fourth-order valence-corrected chi connectivity index (χ4v) is 1.15. The number of hydrogen-bond acceptors (Lipinski definition) is 3. The van der Waals surface area contributed by atoms with Crippen molar-refractivity contribution in [2.24, 2.45) is 16.8 Å². The van der Waals surface area contributed by atoms with Crippen molar-refractivity contribution in [1.29, 1.82) is 0 Å². The lowest BCUT2D eigenvalue weighted by Gasteiger charge is -2.18. The lowest BCUT2D eigenvalue weighted by molar-refractivity contribution is -0.124. The van der Waals surface area contributed by atoms with Crippen LogP contribution in [0.5, 0.6) is 0 Å². The average molecular weight is 215 g/mol. The van der Waals surface area contributed by atoms with Gasteiger partial charge in [0.15, 0.2) is 5.84 Å². The number of rotatable bonds is 6. The van der Waals surface area contributed by atoms with E-state index in [0.717, 1.165) is 12.8 Å². The highest BCUT2D eigenvalue weighted by atomic mass is 16.4. The average Bonchev–Trinajstić information content (AvgIpc) is 2.26. The van der Waals surface area contributed by atoms with E-state index in [9.17, 15) is 4.79 Å². The highest BCUT2D eigenvalue weighted by Gasteiger charge is 2.18. The van der Waals surface area contributed by atoms with Crippen LogP contribution in [0, 0.1) is 5.92 Å². The Labute approximate surface area is 90.7 Å². The van der Waals surface area contributed by atoms with Gasteiger partial charge in [-0.1, -0.05) is 32.3 Å². The van der Waals surface area contributed by atoms with Crippen LogP contribution in [0.4, 0.5) is 0 Å². The highest BCUT2D eigenvalue weighted by molar-refractivity contribution is 5.90. The zero-order valence-corrected chi connectivity index (χ0v) is 9.66. The van der Waals surface area contributed by atoms with Gasteiger partial charge in [-0.25, -0.2) is 0 Å². The van der Waals surface area contributed by atoms with Gasteiger partial charge in [-0.3, -0.25) is 4.79 Å². The van der Waals surface area contributed by atoms with Crippen molar-refractivity contribution >= 4 is 11.7 Å². The van der Waals surface area contributed by atoms with Crippen LogP contribution in [-0.2, 0) is 4.79 Å². The molecule has 0 rings (SSSR count). The molecule has 5 nitrogen and oxygen atoms in total. The second-order valence-electron chi connectivity index (χ2n) is 3.68. The van der Waals surface area contributed by atoms with E-state index in [0.29, 0.717) is 6.42 Å². The van der Waals surface area contributed by atoms with Crippen LogP contribution in [0.3, 0.4) is 0 Å². The van der Waals surface area contributed by atoms with E-state index in [1.54, 1.807) is 0 Å². The first kappa shape index (κ1) is 13.7. The minimum atomic E-state index is -0.360. The van der Waals surface area contributed by atoms with E-state index in [1.165, 1.54) is 0 Å². The van der Waals surface area contributed by atoms with Crippen molar-refractivity contribution in [2.45, 2.75) is 46.1 Å². The predicted octanol–water partition coefficient (Wildman–Crippen LogP) is 1.06. The standard InChI is InChI=1S/C10H21N3O2/c1-4-6-8(9(11)13-15)12-10(14)7(3)5-2/h7-8,15H,4-6H2,1-3H3,(H2,11,13)(H,12,14). The van der Waals surface area contributed by atoms with Crippen LogP contribution in [-0.4, -0.2) is 23.0 Å². The maximum Gasteiger partial charge on any atom is 0.223 e. The third-order valence-corrected chi connectivity index (χ3v) is 2.43. The third-order valence-electron chi connectivity index (χ3n) is 2.43. The Balaban J connectivity index is 4.35. The second kappa shape index (κ2) is 7.09. The van der Waals surface area contributed by atoms with Gasteiger partial charge in [0.2, 0.25) is 5.91 Å². The van der Waals surface area contributed by atoms with Gasteiger partial charge in [-0.15, -0.1) is 0 Å². The summed E-state index contributed by atoms with van der Waals surface area (Å²) in [7, 11) is 0. The van der Waals surface area contributed by atoms with Gasteiger partial charge < -0.3 is 16.3 Å². The third kappa shape index (κ3) is 4.67. The van der Waals surface area contributed by atoms with Gasteiger partial charge in [0.05, 0.1) is 6.04 Å². The first-order chi connectivity index (χ1) is 7.06. The van der Waals surface area contributed by atoms with E-state index in [2.05, 4.69) is 10.5 Å². The van der Waals surface area contributed by atoms with Crippen LogP contribution in [0.1, 0.15) is 40.0 Å². The van der Waals surface area contributed by atoms with Crippen molar-refractivity contribution in [1.82, 2.24) is 5.32 Å². The smallest absolute Gasteiger partial charge is 0.223 e. The Morgan fingerprint density at radius 3 is 2.53 bits per heavy atom. The zero-order chi connectivity index (χ0) is 11.8. The van der Waals surface area contributed by atoms with E-state index >= 15 is 0 Å². The van der Waals surface area contributed by atoms with E-state index in [1.807, 2.05) is 20.8 Å². The summed E-state index contributed by atoms with van der Waals surface area (Å²) in [6, 6.07) is -0.360. The molecule has 0 aliphatic rings. The monoisotopic (exact) mass is 215 g/mol. The minimum Gasteiger partial charge on any atom is -0.409 e. The number of nitrogens with one attached hydrogen (secondary N) is 1. The molecule has 2 unspecified atom stereocenters. The topological polar surface area (TPSA) is 87.7 Å². The molecule has 0 fully saturated rings. The van der Waals surface area contributed by atoms with Crippen molar-refractivity contribution in [3.8, 4) is 0 Å². The Kier molecular flexibility index (Phi) is 6.49. The van der Waals surface area contributed by atoms with Crippen molar-refractivity contribution in [3.05, 3.63) is 0 Å². The summed E-state index contributed by atoms with van der Waals surface area (Å²) < 4.78 is 0. The van der Waals surface area contributed by atoms with Crippen LogP contribution in [0.2, 0.25) is 0 Å². The number of amides is 1. The zero-order valence-electron chi connectivity index (χ0n) is 9.66. The lowest BCUT2D eigenvalue weighted by Crippen LogP contribution is -2.46. The molecular weight excluding hydrogens is 194 g/mol. The molecule has 88 valence electrons. The number of amidine groups is 1. The summed E-state index contributed by atoms with van der Waals surface area (Å²) in [6.07, 6.45) is 2.32. The summed E-state index contributed by atoms with van der Waals surface area (Å²) in [5.41, 5.74) is 5.48. The summed E-state index contributed by atoms with van der Waals surface area (Å²) in [6.45, 7) is 5.78. The molecule has 0 saturated carbocycles. The molecule has 2 atom stereocenters. The van der Waals surface area contributed by atoms with Gasteiger partial charge in [-0.2, -0.15) is 0 Å². The quantitative estimate of drug-likeness (QED) is 0.268. The fraction of sp³-hybridized carbons (Fsp3) is 0.800. The summed E-state index contributed by atoms with van der Waals surface area (Å²) in [5, 5.41) is 14.2. The first-order valence-corrected chi connectivity index (χ1v) is 5.34. The molecule has 0 bridgehead atoms. The lowest BCUT2D eigenvalue weighted by atomic mass is 10.1. The molecule has 1 amide bonds. The molecule has 15 heavy (non-hydrogen) atoms. The SMILES string of the molecule is CCCC(NC(=O)C(C)CC)/C(N)=N/O. The van der Waals surface area contributed by atoms with E-state index in [4.69, 9.17) is 10.9 Å². The minimum absolute atomic E-state index is 0.0455. The number of oxime groups is 1. The van der Waals surface area contributed by atoms with Crippen LogP contribution >= 0.6 is 0 Å². The number of carbonyl (C=O) groups is 1. The van der Waals surface area contributed by atoms with Gasteiger partial charge in [0.25, 0.3) is 0 Å². The van der Waals surface area contributed by atoms with Crippen LogP contribution in [0.25, 0.3) is 0 Å². The molecule has 0 aromatic heterocycles. The van der Waals surface area contributed by atoms with Crippen molar-refractivity contribution in [2.75, 3.05) is 0 Å². The number of nitrogens with two attached hydrogens (primary N) is 1. The highest BCUT2D eigenvalue weighted by Crippen LogP contribution is 2.03. The molecular formula is C10H21N3O2. The molecule has 0 saturated heterocycles. The number of carbonyl (C=O) groups excluding carboxylic acids is 1. The predicted molar refractivity (Wildman–Crippen MR) is 59.7 cm³/mol. The van der Waals surface area contributed by atoms with Gasteiger partial charge >= 0.3 is 0 Å². The molecule has 5 heteroatoms. The largest absolute Gasteiger partial charge is 0.409 e.